The van der Waals surface area contributed by atoms with Gasteiger partial charge >= 0.3 is 0 Å². The largest absolute Gasteiger partial charge is 0.504 e. The van der Waals surface area contributed by atoms with Crippen molar-refractivity contribution in [2.24, 2.45) is 0 Å². The lowest BCUT2D eigenvalue weighted by molar-refractivity contribution is -0.126. The van der Waals surface area contributed by atoms with E-state index < -0.39 is 0 Å². The third-order valence-corrected chi connectivity index (χ3v) is 2.73. The molecule has 4 heteroatoms. The van der Waals surface area contributed by atoms with Gasteiger partial charge in [0.05, 0.1) is 13.5 Å². The van der Waals surface area contributed by atoms with E-state index in [1.165, 1.54) is 13.2 Å². The van der Waals surface area contributed by atoms with Crippen LogP contribution in [0, 0.1) is 0 Å². The Bertz CT molecular complexity index is 437. The molecule has 0 aromatic heterocycles. The number of Topliss-reactive ketones (excluding diaryl/α,β-unsaturated/α-hetero) is 2. The SMILES string of the molecule is CCC(=O)CC(=O)CCc1ccc(O)c(OC)c1. The number of aryl methyl sites for hydroxylation is 1. The van der Waals surface area contributed by atoms with Crippen molar-refractivity contribution in [1.29, 1.82) is 0 Å². The van der Waals surface area contributed by atoms with Gasteiger partial charge in [0.15, 0.2) is 11.5 Å². The minimum Gasteiger partial charge on any atom is -0.504 e. The molecule has 1 aromatic carbocycles. The summed E-state index contributed by atoms with van der Waals surface area (Å²) in [6.07, 6.45) is 1.30. The van der Waals surface area contributed by atoms with Gasteiger partial charge in [0.2, 0.25) is 0 Å². The molecular formula is C14H18O4. The minimum atomic E-state index is -0.0473. The Kier molecular flexibility index (Phi) is 5.36. The Hall–Kier alpha value is -1.84. The third kappa shape index (κ3) is 4.20. The van der Waals surface area contributed by atoms with Crippen molar-refractivity contribution in [2.75, 3.05) is 7.11 Å². The molecular weight excluding hydrogens is 232 g/mol. The first kappa shape index (κ1) is 14.2. The number of methoxy groups -OCH3 is 1. The number of carbonyl (C=O) groups excluding carboxylic acids is 2. The molecule has 0 aliphatic carbocycles. The zero-order valence-electron chi connectivity index (χ0n) is 10.7. The molecule has 0 aliphatic rings. The van der Waals surface area contributed by atoms with Crippen LogP contribution in [0.5, 0.6) is 11.5 Å². The summed E-state index contributed by atoms with van der Waals surface area (Å²) < 4.78 is 4.99. The van der Waals surface area contributed by atoms with Crippen LogP contribution in [0.3, 0.4) is 0 Å². The summed E-state index contributed by atoms with van der Waals surface area (Å²) >= 11 is 0. The topological polar surface area (TPSA) is 63.6 Å². The van der Waals surface area contributed by atoms with Gasteiger partial charge in [-0.05, 0) is 24.1 Å². The Morgan fingerprint density at radius 2 is 2.00 bits per heavy atom. The lowest BCUT2D eigenvalue weighted by Gasteiger charge is -2.06. The molecule has 1 N–H and O–H groups in total. The first-order chi connectivity index (χ1) is 8.56. The number of aromatic hydroxyl groups is 1. The molecule has 0 bridgehead atoms. The minimum absolute atomic E-state index is 0.0196. The predicted molar refractivity (Wildman–Crippen MR) is 67.9 cm³/mol. The molecule has 98 valence electrons. The highest BCUT2D eigenvalue weighted by atomic mass is 16.5. The van der Waals surface area contributed by atoms with Crippen LogP contribution in [0.4, 0.5) is 0 Å². The summed E-state index contributed by atoms with van der Waals surface area (Å²) in [6, 6.07) is 4.98. The summed E-state index contributed by atoms with van der Waals surface area (Å²) in [4.78, 5) is 22.6. The molecule has 1 rings (SSSR count). The maximum absolute atomic E-state index is 11.5. The Labute approximate surface area is 107 Å². The van der Waals surface area contributed by atoms with Gasteiger partial charge in [-0.25, -0.2) is 0 Å². The van der Waals surface area contributed by atoms with Crippen molar-refractivity contribution in [3.05, 3.63) is 23.8 Å². The van der Waals surface area contributed by atoms with Crippen LogP contribution in [0.1, 0.15) is 31.7 Å². The fourth-order valence-corrected chi connectivity index (χ4v) is 1.59. The summed E-state index contributed by atoms with van der Waals surface area (Å²) in [5.41, 5.74) is 0.905. The van der Waals surface area contributed by atoms with E-state index in [1.54, 1.807) is 19.1 Å². The van der Waals surface area contributed by atoms with Crippen LogP contribution in [-0.4, -0.2) is 23.8 Å². The second-order valence-corrected chi connectivity index (χ2v) is 4.11. The highest BCUT2D eigenvalue weighted by molar-refractivity contribution is 5.98. The normalized spacial score (nSPS) is 10.1. The molecule has 0 saturated carbocycles. The molecule has 0 spiro atoms. The van der Waals surface area contributed by atoms with E-state index in [2.05, 4.69) is 0 Å². The van der Waals surface area contributed by atoms with Crippen LogP contribution in [0.25, 0.3) is 0 Å². The second kappa shape index (κ2) is 6.79. The van der Waals surface area contributed by atoms with Gasteiger partial charge in [0, 0.05) is 12.8 Å². The molecule has 0 amide bonds. The van der Waals surface area contributed by atoms with E-state index in [0.29, 0.717) is 25.0 Å². The molecule has 1 aromatic rings. The van der Waals surface area contributed by atoms with Gasteiger partial charge in [-0.2, -0.15) is 0 Å². The van der Waals surface area contributed by atoms with Gasteiger partial charge in [-0.1, -0.05) is 13.0 Å². The summed E-state index contributed by atoms with van der Waals surface area (Å²) in [7, 11) is 1.48. The Morgan fingerprint density at radius 1 is 1.28 bits per heavy atom. The predicted octanol–water partition coefficient (Wildman–Crippen LogP) is 2.27. The number of hydrogen-bond donors (Lipinski definition) is 1. The van der Waals surface area contributed by atoms with E-state index in [4.69, 9.17) is 4.74 Å². The smallest absolute Gasteiger partial charge is 0.160 e. The average molecular weight is 250 g/mol. The van der Waals surface area contributed by atoms with E-state index in [-0.39, 0.29) is 23.7 Å². The molecule has 0 aliphatic heterocycles. The van der Waals surface area contributed by atoms with Crippen LogP contribution >= 0.6 is 0 Å². The van der Waals surface area contributed by atoms with Gasteiger partial charge in [-0.15, -0.1) is 0 Å². The van der Waals surface area contributed by atoms with Crippen molar-refractivity contribution in [2.45, 2.75) is 32.6 Å². The van der Waals surface area contributed by atoms with Crippen LogP contribution in [0.2, 0.25) is 0 Å². The van der Waals surface area contributed by atoms with Crippen molar-refractivity contribution in [3.63, 3.8) is 0 Å². The monoisotopic (exact) mass is 250 g/mol. The molecule has 0 radical (unpaired) electrons. The molecule has 4 nitrogen and oxygen atoms in total. The number of carbonyl (C=O) groups is 2. The van der Waals surface area contributed by atoms with E-state index in [9.17, 15) is 14.7 Å². The van der Waals surface area contributed by atoms with Gasteiger partial charge in [0.1, 0.15) is 11.6 Å². The number of benzene rings is 1. The molecule has 0 unspecified atom stereocenters. The number of rotatable bonds is 7. The third-order valence-electron chi connectivity index (χ3n) is 2.73. The number of phenolic OH excluding ortho intramolecular Hbond substituents is 1. The zero-order chi connectivity index (χ0) is 13.5. The molecule has 0 saturated heterocycles. The number of ketones is 2. The van der Waals surface area contributed by atoms with Crippen molar-refractivity contribution in [3.8, 4) is 11.5 Å². The first-order valence-corrected chi connectivity index (χ1v) is 5.96. The highest BCUT2D eigenvalue weighted by Crippen LogP contribution is 2.26. The zero-order valence-corrected chi connectivity index (χ0v) is 10.7. The van der Waals surface area contributed by atoms with E-state index >= 15 is 0 Å². The number of phenols is 1. The standard InChI is InChI=1S/C14H18O4/c1-3-11(15)9-12(16)6-4-10-5-7-13(17)14(8-10)18-2/h5,7-8,17H,3-4,6,9H2,1-2H3. The Balaban J connectivity index is 2.53. The van der Waals surface area contributed by atoms with Gasteiger partial charge in [-0.3, -0.25) is 9.59 Å². The van der Waals surface area contributed by atoms with E-state index in [0.717, 1.165) is 5.56 Å². The average Bonchev–Trinajstić information content (AvgIpc) is 2.37. The fraction of sp³-hybridized carbons (Fsp3) is 0.429. The van der Waals surface area contributed by atoms with Crippen molar-refractivity contribution < 1.29 is 19.4 Å². The highest BCUT2D eigenvalue weighted by Gasteiger charge is 2.09. The van der Waals surface area contributed by atoms with Crippen molar-refractivity contribution >= 4 is 11.6 Å². The molecule has 18 heavy (non-hydrogen) atoms. The molecule has 0 heterocycles. The van der Waals surface area contributed by atoms with Crippen LogP contribution in [0.15, 0.2) is 18.2 Å². The lowest BCUT2D eigenvalue weighted by atomic mass is 10.0. The summed E-state index contributed by atoms with van der Waals surface area (Å²) in [5, 5.41) is 9.43. The van der Waals surface area contributed by atoms with E-state index in [1.807, 2.05) is 0 Å². The second-order valence-electron chi connectivity index (χ2n) is 4.11. The Morgan fingerprint density at radius 3 is 2.61 bits per heavy atom. The molecule has 0 atom stereocenters. The van der Waals surface area contributed by atoms with Gasteiger partial charge < -0.3 is 9.84 Å². The first-order valence-electron chi connectivity index (χ1n) is 5.96. The van der Waals surface area contributed by atoms with Crippen LogP contribution in [-0.2, 0) is 16.0 Å². The van der Waals surface area contributed by atoms with Crippen LogP contribution < -0.4 is 4.74 Å². The quantitative estimate of drug-likeness (QED) is 0.754. The molecule has 0 fully saturated rings. The lowest BCUT2D eigenvalue weighted by Crippen LogP contribution is -2.07. The fourth-order valence-electron chi connectivity index (χ4n) is 1.59. The maximum Gasteiger partial charge on any atom is 0.160 e. The number of ether oxygens (including phenoxy) is 1. The summed E-state index contributed by atoms with van der Waals surface area (Å²) in [6.45, 7) is 1.75. The van der Waals surface area contributed by atoms with Gasteiger partial charge in [0.25, 0.3) is 0 Å². The number of hydrogen-bond acceptors (Lipinski definition) is 4. The maximum atomic E-state index is 11.5. The van der Waals surface area contributed by atoms with Crippen molar-refractivity contribution in [1.82, 2.24) is 0 Å². The summed E-state index contributed by atoms with van der Waals surface area (Å²) in [5.74, 6) is 0.399.